The SMILES string of the molecule is COCCN1CCN(C(C)C(=O)Nc2ccnn2C(C)C)CC1. The zero-order valence-corrected chi connectivity index (χ0v) is 14.7. The van der Waals surface area contributed by atoms with Crippen molar-refractivity contribution in [2.24, 2.45) is 0 Å². The molecule has 130 valence electrons. The van der Waals surface area contributed by atoms with E-state index >= 15 is 0 Å². The smallest absolute Gasteiger partial charge is 0.242 e. The number of methoxy groups -OCH3 is 1. The summed E-state index contributed by atoms with van der Waals surface area (Å²) in [7, 11) is 1.73. The highest BCUT2D eigenvalue weighted by molar-refractivity contribution is 5.93. The van der Waals surface area contributed by atoms with E-state index in [2.05, 4.69) is 20.2 Å². The number of amides is 1. The summed E-state index contributed by atoms with van der Waals surface area (Å²) in [6.45, 7) is 11.5. The van der Waals surface area contributed by atoms with Crippen LogP contribution in [0.5, 0.6) is 0 Å². The standard InChI is InChI=1S/C16H29N5O2/c1-13(2)21-15(5-6-17-21)18-16(22)14(3)20-9-7-19(8-10-20)11-12-23-4/h5-6,13-14H,7-12H2,1-4H3,(H,18,22). The molecule has 1 saturated heterocycles. The maximum Gasteiger partial charge on any atom is 0.242 e. The fourth-order valence-electron chi connectivity index (χ4n) is 2.82. The van der Waals surface area contributed by atoms with Gasteiger partial charge in [-0.05, 0) is 20.8 Å². The molecule has 0 spiro atoms. The first-order valence-corrected chi connectivity index (χ1v) is 8.32. The Morgan fingerprint density at radius 2 is 2.00 bits per heavy atom. The van der Waals surface area contributed by atoms with Crippen molar-refractivity contribution in [1.29, 1.82) is 0 Å². The van der Waals surface area contributed by atoms with Gasteiger partial charge in [-0.1, -0.05) is 0 Å². The Bertz CT molecular complexity index is 494. The Balaban J connectivity index is 1.85. The first kappa shape index (κ1) is 17.9. The summed E-state index contributed by atoms with van der Waals surface area (Å²) in [5.41, 5.74) is 0. The number of nitrogens with zero attached hydrogens (tertiary/aromatic N) is 4. The Hall–Kier alpha value is -1.44. The van der Waals surface area contributed by atoms with E-state index in [-0.39, 0.29) is 18.0 Å². The van der Waals surface area contributed by atoms with Gasteiger partial charge in [0.15, 0.2) is 0 Å². The third-order valence-corrected chi connectivity index (χ3v) is 4.36. The number of ether oxygens (including phenoxy) is 1. The molecule has 2 rings (SSSR count). The second-order valence-electron chi connectivity index (χ2n) is 6.29. The molecule has 0 radical (unpaired) electrons. The van der Waals surface area contributed by atoms with Gasteiger partial charge in [0.1, 0.15) is 5.82 Å². The zero-order valence-electron chi connectivity index (χ0n) is 14.7. The van der Waals surface area contributed by atoms with Crippen LogP contribution in [0.1, 0.15) is 26.8 Å². The van der Waals surface area contributed by atoms with E-state index in [1.807, 2.05) is 31.5 Å². The molecule has 23 heavy (non-hydrogen) atoms. The topological polar surface area (TPSA) is 62.6 Å². The van der Waals surface area contributed by atoms with E-state index in [1.165, 1.54) is 0 Å². The molecule has 1 atom stereocenters. The Kier molecular flexibility index (Phi) is 6.56. The van der Waals surface area contributed by atoms with Gasteiger partial charge >= 0.3 is 0 Å². The predicted octanol–water partition coefficient (Wildman–Crippen LogP) is 1.06. The molecule has 1 fully saturated rings. The molecule has 1 unspecified atom stereocenters. The molecule has 1 aromatic heterocycles. The highest BCUT2D eigenvalue weighted by Gasteiger charge is 2.26. The van der Waals surface area contributed by atoms with E-state index in [9.17, 15) is 4.79 Å². The molecule has 1 aliphatic heterocycles. The summed E-state index contributed by atoms with van der Waals surface area (Å²) < 4.78 is 6.95. The van der Waals surface area contributed by atoms with E-state index in [0.717, 1.165) is 45.1 Å². The largest absolute Gasteiger partial charge is 0.383 e. The highest BCUT2D eigenvalue weighted by Crippen LogP contribution is 2.14. The van der Waals surface area contributed by atoms with Gasteiger partial charge in [-0.3, -0.25) is 14.6 Å². The number of rotatable bonds is 7. The van der Waals surface area contributed by atoms with Crippen molar-refractivity contribution in [1.82, 2.24) is 19.6 Å². The lowest BCUT2D eigenvalue weighted by Gasteiger charge is -2.37. The summed E-state index contributed by atoms with van der Waals surface area (Å²) in [6, 6.07) is 1.92. The maximum absolute atomic E-state index is 12.5. The number of hydrogen-bond acceptors (Lipinski definition) is 5. The Morgan fingerprint density at radius 3 is 2.61 bits per heavy atom. The van der Waals surface area contributed by atoms with Gasteiger partial charge in [0, 0.05) is 51.9 Å². The Labute approximate surface area is 138 Å². The summed E-state index contributed by atoms with van der Waals surface area (Å²) in [5.74, 6) is 0.785. The monoisotopic (exact) mass is 323 g/mol. The van der Waals surface area contributed by atoms with E-state index in [1.54, 1.807) is 13.3 Å². The molecule has 2 heterocycles. The molecule has 0 bridgehead atoms. The predicted molar refractivity (Wildman–Crippen MR) is 90.6 cm³/mol. The first-order valence-electron chi connectivity index (χ1n) is 8.32. The quantitative estimate of drug-likeness (QED) is 0.813. The van der Waals surface area contributed by atoms with Crippen molar-refractivity contribution < 1.29 is 9.53 Å². The molecule has 1 aromatic rings. The van der Waals surface area contributed by atoms with Gasteiger partial charge in [0.05, 0.1) is 18.8 Å². The molecule has 0 aliphatic carbocycles. The van der Waals surface area contributed by atoms with Crippen LogP contribution >= 0.6 is 0 Å². The van der Waals surface area contributed by atoms with Crippen molar-refractivity contribution >= 4 is 11.7 Å². The number of carbonyl (C=O) groups excluding carboxylic acids is 1. The van der Waals surface area contributed by atoms with Crippen LogP contribution in [0.15, 0.2) is 12.3 Å². The normalized spacial score (nSPS) is 18.3. The van der Waals surface area contributed by atoms with Crippen LogP contribution in [0.25, 0.3) is 0 Å². The van der Waals surface area contributed by atoms with Gasteiger partial charge in [-0.15, -0.1) is 0 Å². The van der Waals surface area contributed by atoms with Crippen LogP contribution < -0.4 is 5.32 Å². The first-order chi connectivity index (χ1) is 11.0. The van der Waals surface area contributed by atoms with E-state index in [4.69, 9.17) is 4.74 Å². The number of carbonyl (C=O) groups is 1. The van der Waals surface area contributed by atoms with Crippen molar-refractivity contribution in [3.05, 3.63) is 12.3 Å². The average molecular weight is 323 g/mol. The molecule has 1 N–H and O–H groups in total. The molecule has 0 saturated carbocycles. The van der Waals surface area contributed by atoms with Crippen molar-refractivity contribution in [3.63, 3.8) is 0 Å². The van der Waals surface area contributed by atoms with E-state index in [0.29, 0.717) is 0 Å². The van der Waals surface area contributed by atoms with Crippen LogP contribution in [0, 0.1) is 0 Å². The lowest BCUT2D eigenvalue weighted by Crippen LogP contribution is -2.53. The molecule has 0 aromatic carbocycles. The van der Waals surface area contributed by atoms with Crippen LogP contribution in [0.4, 0.5) is 5.82 Å². The summed E-state index contributed by atoms with van der Waals surface area (Å²) in [6.07, 6.45) is 1.72. The highest BCUT2D eigenvalue weighted by atomic mass is 16.5. The third kappa shape index (κ3) is 4.76. The van der Waals surface area contributed by atoms with Crippen LogP contribution in [-0.2, 0) is 9.53 Å². The van der Waals surface area contributed by atoms with Gasteiger partial charge < -0.3 is 10.1 Å². The number of hydrogen-bond donors (Lipinski definition) is 1. The number of aromatic nitrogens is 2. The minimum atomic E-state index is -0.143. The fraction of sp³-hybridized carbons (Fsp3) is 0.750. The number of anilines is 1. The summed E-state index contributed by atoms with van der Waals surface area (Å²) in [5, 5.41) is 7.25. The van der Waals surface area contributed by atoms with Crippen LogP contribution in [0.2, 0.25) is 0 Å². The third-order valence-electron chi connectivity index (χ3n) is 4.36. The summed E-state index contributed by atoms with van der Waals surface area (Å²) >= 11 is 0. The van der Waals surface area contributed by atoms with Crippen LogP contribution in [0.3, 0.4) is 0 Å². The summed E-state index contributed by atoms with van der Waals surface area (Å²) in [4.78, 5) is 17.1. The second-order valence-corrected chi connectivity index (χ2v) is 6.29. The van der Waals surface area contributed by atoms with Gasteiger partial charge in [-0.2, -0.15) is 5.10 Å². The van der Waals surface area contributed by atoms with Crippen molar-refractivity contribution in [2.45, 2.75) is 32.9 Å². The Morgan fingerprint density at radius 1 is 1.30 bits per heavy atom. The minimum Gasteiger partial charge on any atom is -0.383 e. The van der Waals surface area contributed by atoms with Crippen molar-refractivity contribution in [3.8, 4) is 0 Å². The second kappa shape index (κ2) is 8.42. The van der Waals surface area contributed by atoms with Gasteiger partial charge in [-0.25, -0.2) is 4.68 Å². The molecule has 1 aliphatic rings. The molecule has 7 nitrogen and oxygen atoms in total. The molecule has 7 heteroatoms. The molecule has 1 amide bonds. The number of nitrogens with one attached hydrogen (secondary N) is 1. The lowest BCUT2D eigenvalue weighted by atomic mass is 10.2. The van der Waals surface area contributed by atoms with Crippen LogP contribution in [-0.4, -0.2) is 78.0 Å². The van der Waals surface area contributed by atoms with E-state index < -0.39 is 0 Å². The zero-order chi connectivity index (χ0) is 16.8. The van der Waals surface area contributed by atoms with Gasteiger partial charge in [0.25, 0.3) is 0 Å². The van der Waals surface area contributed by atoms with Gasteiger partial charge in [0.2, 0.25) is 5.91 Å². The average Bonchev–Trinajstić information content (AvgIpc) is 3.01. The lowest BCUT2D eigenvalue weighted by molar-refractivity contribution is -0.121. The minimum absolute atomic E-state index is 0.0257. The molecular formula is C16H29N5O2. The maximum atomic E-state index is 12.5. The van der Waals surface area contributed by atoms with Crippen molar-refractivity contribution in [2.75, 3.05) is 51.8 Å². The number of piperazine rings is 1. The molecular weight excluding hydrogens is 294 g/mol. The fourth-order valence-corrected chi connectivity index (χ4v) is 2.82.